The lowest BCUT2D eigenvalue weighted by molar-refractivity contribution is 0.249. The van der Waals surface area contributed by atoms with Gasteiger partial charge in [-0.2, -0.15) is 0 Å². The zero-order valence-electron chi connectivity index (χ0n) is 11.8. The molecule has 1 fully saturated rings. The van der Waals surface area contributed by atoms with Gasteiger partial charge >= 0.3 is 6.03 Å². The minimum absolute atomic E-state index is 0.00746. The fourth-order valence-corrected chi connectivity index (χ4v) is 3.61. The molecule has 20 heavy (non-hydrogen) atoms. The summed E-state index contributed by atoms with van der Waals surface area (Å²) in [6.45, 7) is 5.92. The first kappa shape index (κ1) is 14.8. The molecule has 2 N–H and O–H groups in total. The molecule has 0 spiro atoms. The molecule has 1 unspecified atom stereocenters. The van der Waals surface area contributed by atoms with Gasteiger partial charge in [-0.1, -0.05) is 25.9 Å². The van der Waals surface area contributed by atoms with Gasteiger partial charge in [-0.3, -0.25) is 5.32 Å². The number of carbonyl (C=O) groups excluding carboxylic acids is 1. The van der Waals surface area contributed by atoms with Crippen LogP contribution in [0.15, 0.2) is 10.6 Å². The minimum atomic E-state index is -3.01. The van der Waals surface area contributed by atoms with Crippen LogP contribution in [-0.4, -0.2) is 37.2 Å². The number of urea groups is 1. The Morgan fingerprint density at radius 1 is 1.45 bits per heavy atom. The molecule has 1 aliphatic rings. The van der Waals surface area contributed by atoms with Crippen LogP contribution >= 0.6 is 0 Å². The van der Waals surface area contributed by atoms with E-state index in [0.29, 0.717) is 18.0 Å². The average Bonchev–Trinajstić information content (AvgIpc) is 2.84. The second-order valence-electron chi connectivity index (χ2n) is 6.02. The fourth-order valence-electron chi connectivity index (χ4n) is 1.93. The molecular formula is C12H19N3O4S. The van der Waals surface area contributed by atoms with Crippen LogP contribution in [0.3, 0.4) is 0 Å². The molecule has 1 aromatic heterocycles. The molecule has 0 saturated carbocycles. The smallest absolute Gasteiger partial charge is 0.320 e. The average molecular weight is 301 g/mol. The van der Waals surface area contributed by atoms with E-state index in [1.165, 1.54) is 0 Å². The normalized spacial score (nSPS) is 21.6. The Morgan fingerprint density at radius 2 is 2.15 bits per heavy atom. The van der Waals surface area contributed by atoms with Crippen LogP contribution in [0.1, 0.15) is 33.0 Å². The SMILES string of the molecule is CC(C)(C)c1cc(NC(=O)NC2CCS(=O)(=O)C2)no1. The highest BCUT2D eigenvalue weighted by molar-refractivity contribution is 7.91. The number of nitrogens with zero attached hydrogens (tertiary/aromatic N) is 1. The molecule has 8 heteroatoms. The Hall–Kier alpha value is -1.57. The van der Waals surface area contributed by atoms with E-state index in [1.807, 2.05) is 20.8 Å². The van der Waals surface area contributed by atoms with Gasteiger partial charge < -0.3 is 9.84 Å². The highest BCUT2D eigenvalue weighted by Gasteiger charge is 2.29. The summed E-state index contributed by atoms with van der Waals surface area (Å²) in [5, 5.41) is 8.92. The maximum Gasteiger partial charge on any atom is 0.320 e. The van der Waals surface area contributed by atoms with Crippen molar-refractivity contribution in [3.05, 3.63) is 11.8 Å². The number of aromatic nitrogens is 1. The summed E-state index contributed by atoms with van der Waals surface area (Å²) in [6, 6.07) is 0.847. The lowest BCUT2D eigenvalue weighted by Crippen LogP contribution is -2.38. The number of amides is 2. The van der Waals surface area contributed by atoms with E-state index >= 15 is 0 Å². The monoisotopic (exact) mass is 301 g/mol. The third-order valence-corrected chi connectivity index (χ3v) is 4.83. The summed E-state index contributed by atoms with van der Waals surface area (Å²) < 4.78 is 27.7. The molecule has 1 aliphatic heterocycles. The van der Waals surface area contributed by atoms with E-state index in [0.717, 1.165) is 0 Å². The summed E-state index contributed by atoms with van der Waals surface area (Å²) in [7, 11) is -3.01. The van der Waals surface area contributed by atoms with Crippen molar-refractivity contribution < 1.29 is 17.7 Å². The maximum atomic E-state index is 11.7. The summed E-state index contributed by atoms with van der Waals surface area (Å²) in [4.78, 5) is 11.7. The van der Waals surface area contributed by atoms with Crippen LogP contribution in [0.25, 0.3) is 0 Å². The van der Waals surface area contributed by atoms with E-state index in [-0.39, 0.29) is 23.0 Å². The maximum absolute atomic E-state index is 11.7. The van der Waals surface area contributed by atoms with Gasteiger partial charge in [-0.05, 0) is 6.42 Å². The van der Waals surface area contributed by atoms with Gasteiger partial charge in [0, 0.05) is 17.5 Å². The molecule has 0 bridgehead atoms. The molecule has 2 rings (SSSR count). The van der Waals surface area contributed by atoms with Crippen LogP contribution < -0.4 is 10.6 Å². The Balaban J connectivity index is 1.91. The molecule has 1 atom stereocenters. The standard InChI is InChI=1S/C12H19N3O4S/c1-12(2,3)9-6-10(15-19-9)14-11(16)13-8-4-5-20(17,18)7-8/h6,8H,4-5,7H2,1-3H3,(H2,13,14,15,16). The van der Waals surface area contributed by atoms with Crippen molar-refractivity contribution in [2.24, 2.45) is 0 Å². The van der Waals surface area contributed by atoms with Crippen LogP contribution in [0.5, 0.6) is 0 Å². The number of sulfone groups is 1. The first-order valence-electron chi connectivity index (χ1n) is 6.41. The Labute approximate surface area is 118 Å². The van der Waals surface area contributed by atoms with Gasteiger partial charge in [0.2, 0.25) is 0 Å². The largest absolute Gasteiger partial charge is 0.359 e. The summed E-state index contributed by atoms with van der Waals surface area (Å²) >= 11 is 0. The lowest BCUT2D eigenvalue weighted by atomic mass is 9.93. The number of anilines is 1. The van der Waals surface area contributed by atoms with E-state index < -0.39 is 15.9 Å². The molecule has 7 nitrogen and oxygen atoms in total. The van der Waals surface area contributed by atoms with Crippen molar-refractivity contribution >= 4 is 21.7 Å². The molecular weight excluding hydrogens is 282 g/mol. The topological polar surface area (TPSA) is 101 Å². The van der Waals surface area contributed by atoms with Gasteiger partial charge in [0.15, 0.2) is 15.7 Å². The van der Waals surface area contributed by atoms with Crippen molar-refractivity contribution in [1.82, 2.24) is 10.5 Å². The quantitative estimate of drug-likeness (QED) is 0.857. The highest BCUT2D eigenvalue weighted by atomic mass is 32.2. The minimum Gasteiger partial charge on any atom is -0.359 e. The molecule has 1 aromatic rings. The van der Waals surface area contributed by atoms with Crippen molar-refractivity contribution in [2.45, 2.75) is 38.6 Å². The number of hydrogen-bond acceptors (Lipinski definition) is 5. The number of hydrogen-bond donors (Lipinski definition) is 2. The number of carbonyl (C=O) groups is 1. The Morgan fingerprint density at radius 3 is 2.65 bits per heavy atom. The predicted molar refractivity (Wildman–Crippen MR) is 74.4 cm³/mol. The molecule has 0 aliphatic carbocycles. The van der Waals surface area contributed by atoms with Gasteiger partial charge in [-0.25, -0.2) is 13.2 Å². The van der Waals surface area contributed by atoms with Crippen LogP contribution in [0.2, 0.25) is 0 Å². The van der Waals surface area contributed by atoms with E-state index in [9.17, 15) is 13.2 Å². The van der Waals surface area contributed by atoms with Gasteiger partial charge in [-0.15, -0.1) is 0 Å². The predicted octanol–water partition coefficient (Wildman–Crippen LogP) is 1.28. The first-order chi connectivity index (χ1) is 9.16. The van der Waals surface area contributed by atoms with Crippen LogP contribution in [0.4, 0.5) is 10.6 Å². The van der Waals surface area contributed by atoms with Gasteiger partial charge in [0.05, 0.1) is 11.5 Å². The molecule has 0 radical (unpaired) electrons. The molecule has 0 aromatic carbocycles. The van der Waals surface area contributed by atoms with E-state index in [1.54, 1.807) is 6.07 Å². The molecule has 112 valence electrons. The summed E-state index contributed by atoms with van der Waals surface area (Å²) in [5.74, 6) is 1.09. The zero-order valence-corrected chi connectivity index (χ0v) is 12.6. The fraction of sp³-hybridized carbons (Fsp3) is 0.667. The van der Waals surface area contributed by atoms with Crippen LogP contribution in [0, 0.1) is 0 Å². The van der Waals surface area contributed by atoms with Gasteiger partial charge in [0.25, 0.3) is 0 Å². The van der Waals surface area contributed by atoms with Crippen molar-refractivity contribution in [1.29, 1.82) is 0 Å². The third kappa shape index (κ3) is 3.72. The highest BCUT2D eigenvalue weighted by Crippen LogP contribution is 2.24. The van der Waals surface area contributed by atoms with Crippen LogP contribution in [-0.2, 0) is 15.3 Å². The first-order valence-corrected chi connectivity index (χ1v) is 8.23. The third-order valence-electron chi connectivity index (χ3n) is 3.06. The Bertz CT molecular complexity index is 600. The number of rotatable bonds is 2. The lowest BCUT2D eigenvalue weighted by Gasteiger charge is -2.12. The number of nitrogens with one attached hydrogen (secondary N) is 2. The molecule has 2 heterocycles. The second kappa shape index (κ2) is 5.08. The van der Waals surface area contributed by atoms with Crippen molar-refractivity contribution in [3.8, 4) is 0 Å². The zero-order chi connectivity index (χ0) is 15.0. The molecule has 2 amide bonds. The van der Waals surface area contributed by atoms with Gasteiger partial charge in [0.1, 0.15) is 5.76 Å². The Kier molecular flexibility index (Phi) is 3.77. The molecule has 1 saturated heterocycles. The van der Waals surface area contributed by atoms with Crippen molar-refractivity contribution in [3.63, 3.8) is 0 Å². The summed E-state index contributed by atoms with van der Waals surface area (Å²) in [6.07, 6.45) is 0.446. The summed E-state index contributed by atoms with van der Waals surface area (Å²) in [5.41, 5.74) is -0.192. The second-order valence-corrected chi connectivity index (χ2v) is 8.25. The van der Waals surface area contributed by atoms with E-state index in [2.05, 4.69) is 15.8 Å². The van der Waals surface area contributed by atoms with E-state index in [4.69, 9.17) is 4.52 Å². The van der Waals surface area contributed by atoms with Crippen molar-refractivity contribution in [2.75, 3.05) is 16.8 Å².